The highest BCUT2D eigenvalue weighted by molar-refractivity contribution is 6.07. The second-order valence-electron chi connectivity index (χ2n) is 6.71. The van der Waals surface area contributed by atoms with E-state index in [2.05, 4.69) is 22.6 Å². The number of hydrogen-bond donors (Lipinski definition) is 1. The van der Waals surface area contributed by atoms with Crippen molar-refractivity contribution in [1.29, 1.82) is 0 Å². The molecule has 1 unspecified atom stereocenters. The Morgan fingerprint density at radius 2 is 2.04 bits per heavy atom. The molecule has 0 bridgehead atoms. The van der Waals surface area contributed by atoms with Crippen LogP contribution in [-0.2, 0) is 29.7 Å². The molecule has 0 radical (unpaired) electrons. The predicted molar refractivity (Wildman–Crippen MR) is 86.1 cm³/mol. The fraction of sp³-hybridized carbons (Fsp3) is 0.389. The van der Waals surface area contributed by atoms with Crippen LogP contribution in [-0.4, -0.2) is 22.0 Å². The van der Waals surface area contributed by atoms with Gasteiger partial charge in [-0.3, -0.25) is 9.69 Å². The molecule has 1 aliphatic carbocycles. The first-order valence-electron chi connectivity index (χ1n) is 8.16. The van der Waals surface area contributed by atoms with Gasteiger partial charge in [-0.25, -0.2) is 4.79 Å². The molecular weight excluding hydrogens is 306 g/mol. The number of rotatable bonds is 3. The Bertz CT molecular complexity index is 842. The van der Waals surface area contributed by atoms with Gasteiger partial charge in [0.25, 0.3) is 5.91 Å². The zero-order valence-electron chi connectivity index (χ0n) is 13.8. The van der Waals surface area contributed by atoms with Crippen LogP contribution >= 0.6 is 0 Å². The van der Waals surface area contributed by atoms with E-state index in [1.54, 1.807) is 19.9 Å². The van der Waals surface area contributed by atoms with Crippen molar-refractivity contribution in [2.24, 2.45) is 0 Å². The van der Waals surface area contributed by atoms with E-state index in [1.807, 2.05) is 6.07 Å². The lowest BCUT2D eigenvalue weighted by atomic mass is 9.89. The maximum Gasteiger partial charge on any atom is 0.325 e. The van der Waals surface area contributed by atoms with Crippen LogP contribution < -0.4 is 5.32 Å². The van der Waals surface area contributed by atoms with Gasteiger partial charge >= 0.3 is 6.03 Å². The monoisotopic (exact) mass is 325 g/mol. The molecule has 2 aliphatic rings. The molecule has 2 aromatic rings. The Kier molecular flexibility index (Phi) is 3.23. The molecule has 1 saturated heterocycles. The molecule has 24 heavy (non-hydrogen) atoms. The number of nitrogens with one attached hydrogen (secondary N) is 1. The number of carbonyl (C=O) groups is 2. The van der Waals surface area contributed by atoms with Crippen LogP contribution in [0.1, 0.15) is 41.5 Å². The highest BCUT2D eigenvalue weighted by Gasteiger charge is 2.49. The molecule has 2 heterocycles. The summed E-state index contributed by atoms with van der Waals surface area (Å²) in [5.41, 5.74) is 2.98. The summed E-state index contributed by atoms with van der Waals surface area (Å²) in [6, 6.07) is 7.41. The Morgan fingerprint density at radius 3 is 2.79 bits per heavy atom. The van der Waals surface area contributed by atoms with E-state index in [-0.39, 0.29) is 12.5 Å². The van der Waals surface area contributed by atoms with Gasteiger partial charge in [0.2, 0.25) is 0 Å². The molecular formula is C18H19N3O3. The minimum atomic E-state index is -1.03. The van der Waals surface area contributed by atoms with E-state index >= 15 is 0 Å². The van der Waals surface area contributed by atoms with Crippen molar-refractivity contribution in [2.45, 2.75) is 45.2 Å². The average Bonchev–Trinajstić information content (AvgIpc) is 3.23. The van der Waals surface area contributed by atoms with Gasteiger partial charge < -0.3 is 9.84 Å². The highest BCUT2D eigenvalue weighted by atomic mass is 16.5. The number of carbonyl (C=O) groups excluding carboxylic acids is 2. The van der Waals surface area contributed by atoms with Crippen LogP contribution in [0.15, 0.2) is 28.8 Å². The SMILES string of the molecule is Cc1cc(CN2C(=O)NC(C)(c3ccc4c(c3)CCC4)C2=O)no1. The van der Waals surface area contributed by atoms with Crippen molar-refractivity contribution < 1.29 is 14.1 Å². The van der Waals surface area contributed by atoms with Crippen molar-refractivity contribution in [1.82, 2.24) is 15.4 Å². The summed E-state index contributed by atoms with van der Waals surface area (Å²) in [4.78, 5) is 26.5. The molecule has 124 valence electrons. The number of imide groups is 1. The number of aromatic nitrogens is 1. The maximum atomic E-state index is 12.9. The van der Waals surface area contributed by atoms with Gasteiger partial charge in [-0.2, -0.15) is 0 Å². The van der Waals surface area contributed by atoms with Crippen LogP contribution in [0.25, 0.3) is 0 Å². The summed E-state index contributed by atoms with van der Waals surface area (Å²) < 4.78 is 5.01. The van der Waals surface area contributed by atoms with Gasteiger partial charge in [0, 0.05) is 6.07 Å². The number of nitrogens with zero attached hydrogens (tertiary/aromatic N) is 2. The first kappa shape index (κ1) is 14.9. The van der Waals surface area contributed by atoms with Gasteiger partial charge in [0.05, 0.1) is 6.54 Å². The third-order valence-corrected chi connectivity index (χ3v) is 4.95. The van der Waals surface area contributed by atoms with E-state index in [0.29, 0.717) is 11.5 Å². The molecule has 1 fully saturated rings. The van der Waals surface area contributed by atoms with E-state index in [9.17, 15) is 9.59 Å². The van der Waals surface area contributed by atoms with Crippen molar-refractivity contribution in [3.05, 3.63) is 52.4 Å². The van der Waals surface area contributed by atoms with Crippen LogP contribution in [0.2, 0.25) is 0 Å². The van der Waals surface area contributed by atoms with Crippen molar-refractivity contribution >= 4 is 11.9 Å². The number of amides is 3. The van der Waals surface area contributed by atoms with E-state index in [0.717, 1.165) is 24.8 Å². The second-order valence-corrected chi connectivity index (χ2v) is 6.71. The van der Waals surface area contributed by atoms with Crippen molar-refractivity contribution in [3.63, 3.8) is 0 Å². The Morgan fingerprint density at radius 1 is 1.25 bits per heavy atom. The lowest BCUT2D eigenvalue weighted by Crippen LogP contribution is -2.41. The standard InChI is InChI=1S/C18H19N3O3/c1-11-8-15(20-24-11)10-21-16(22)18(2,19-17(21)23)14-7-6-12-4-3-5-13(12)9-14/h6-9H,3-5,10H2,1-2H3,(H,19,23). The molecule has 1 atom stereocenters. The maximum absolute atomic E-state index is 12.9. The third kappa shape index (κ3) is 2.21. The Labute approximate surface area is 139 Å². The zero-order chi connectivity index (χ0) is 16.9. The van der Waals surface area contributed by atoms with Gasteiger partial charge in [0.15, 0.2) is 0 Å². The molecule has 1 aromatic carbocycles. The van der Waals surface area contributed by atoms with Gasteiger partial charge in [-0.05, 0) is 49.8 Å². The van der Waals surface area contributed by atoms with E-state index < -0.39 is 11.6 Å². The summed E-state index contributed by atoms with van der Waals surface area (Å²) in [6.45, 7) is 3.65. The van der Waals surface area contributed by atoms with Crippen molar-refractivity contribution in [2.75, 3.05) is 0 Å². The fourth-order valence-corrected chi connectivity index (χ4v) is 3.57. The first-order valence-corrected chi connectivity index (χ1v) is 8.16. The largest absolute Gasteiger partial charge is 0.361 e. The highest BCUT2D eigenvalue weighted by Crippen LogP contribution is 2.33. The molecule has 3 amide bonds. The number of fused-ring (bicyclic) bond motifs is 1. The minimum Gasteiger partial charge on any atom is -0.361 e. The number of benzene rings is 1. The summed E-state index contributed by atoms with van der Waals surface area (Å²) >= 11 is 0. The van der Waals surface area contributed by atoms with Crippen LogP contribution in [0, 0.1) is 6.92 Å². The molecule has 0 spiro atoms. The summed E-state index contributed by atoms with van der Waals surface area (Å²) in [6.07, 6.45) is 3.26. The average molecular weight is 325 g/mol. The fourth-order valence-electron chi connectivity index (χ4n) is 3.57. The Balaban J connectivity index is 1.64. The van der Waals surface area contributed by atoms with E-state index in [1.165, 1.54) is 16.0 Å². The predicted octanol–water partition coefficient (Wildman–Crippen LogP) is 2.44. The van der Waals surface area contributed by atoms with Crippen LogP contribution in [0.5, 0.6) is 0 Å². The quantitative estimate of drug-likeness (QED) is 0.880. The minimum absolute atomic E-state index is 0.114. The number of hydrogen-bond acceptors (Lipinski definition) is 4. The molecule has 6 heteroatoms. The lowest BCUT2D eigenvalue weighted by molar-refractivity contribution is -0.131. The molecule has 1 aliphatic heterocycles. The topological polar surface area (TPSA) is 75.4 Å². The second kappa shape index (κ2) is 5.19. The molecule has 1 N–H and O–H groups in total. The van der Waals surface area contributed by atoms with Crippen LogP contribution in [0.4, 0.5) is 4.79 Å². The normalized spacial score (nSPS) is 22.8. The van der Waals surface area contributed by atoms with Crippen LogP contribution in [0.3, 0.4) is 0 Å². The number of aryl methyl sites for hydroxylation is 3. The lowest BCUT2D eigenvalue weighted by Gasteiger charge is -2.23. The van der Waals surface area contributed by atoms with Crippen molar-refractivity contribution in [3.8, 4) is 0 Å². The molecule has 0 saturated carbocycles. The summed E-state index contributed by atoms with van der Waals surface area (Å²) in [7, 11) is 0. The number of urea groups is 1. The van der Waals surface area contributed by atoms with Gasteiger partial charge in [-0.15, -0.1) is 0 Å². The smallest absolute Gasteiger partial charge is 0.325 e. The third-order valence-electron chi connectivity index (χ3n) is 4.95. The van der Waals surface area contributed by atoms with Gasteiger partial charge in [-0.1, -0.05) is 23.4 Å². The molecule has 1 aromatic heterocycles. The summed E-state index contributed by atoms with van der Waals surface area (Å²) in [5.74, 6) is 0.393. The Hall–Kier alpha value is -2.63. The molecule has 4 rings (SSSR count). The zero-order valence-corrected chi connectivity index (χ0v) is 13.8. The van der Waals surface area contributed by atoms with Gasteiger partial charge in [0.1, 0.15) is 17.0 Å². The summed E-state index contributed by atoms with van der Waals surface area (Å²) in [5, 5.41) is 6.71. The first-order chi connectivity index (χ1) is 11.5. The molecule has 6 nitrogen and oxygen atoms in total. The van der Waals surface area contributed by atoms with E-state index in [4.69, 9.17) is 4.52 Å².